The molecule has 3 N–H and O–H groups in total. The molecule has 1 aromatic carbocycles. The van der Waals surface area contributed by atoms with Gasteiger partial charge in [0.2, 0.25) is 0 Å². The molecule has 0 fully saturated rings. The molecular weight excluding hydrogens is 266 g/mol. The summed E-state index contributed by atoms with van der Waals surface area (Å²) in [6.07, 6.45) is 3.18. The molecule has 0 saturated carbocycles. The van der Waals surface area contributed by atoms with E-state index < -0.39 is 4.92 Å². The number of hydrogen-bond donors (Lipinski definition) is 2. The maximum Gasteiger partial charge on any atom is 0.269 e. The molecule has 98 valence electrons. The van der Waals surface area contributed by atoms with E-state index in [1.165, 1.54) is 23.9 Å². The van der Waals surface area contributed by atoms with Crippen LogP contribution in [0.15, 0.2) is 41.6 Å². The van der Waals surface area contributed by atoms with Gasteiger partial charge in [0, 0.05) is 22.8 Å². The van der Waals surface area contributed by atoms with Crippen LogP contribution in [0.4, 0.5) is 11.5 Å². The third-order valence-electron chi connectivity index (χ3n) is 2.29. The summed E-state index contributed by atoms with van der Waals surface area (Å²) < 4.78 is 0. The molecule has 0 radical (unpaired) electrons. The van der Waals surface area contributed by atoms with Crippen LogP contribution in [-0.2, 0) is 5.75 Å². The lowest BCUT2D eigenvalue weighted by Gasteiger charge is -2.02. The van der Waals surface area contributed by atoms with Crippen LogP contribution in [0.2, 0.25) is 0 Å². The minimum absolute atomic E-state index is 0.0857. The largest absolute Gasteiger partial charge is 0.307 e. The first kappa shape index (κ1) is 13.2. The molecular formula is C11H11N5O2S. The van der Waals surface area contributed by atoms with Crippen LogP contribution in [0.5, 0.6) is 0 Å². The van der Waals surface area contributed by atoms with Crippen molar-refractivity contribution in [3.63, 3.8) is 0 Å². The number of nitrogens with one attached hydrogen (secondary N) is 1. The molecule has 0 aliphatic heterocycles. The van der Waals surface area contributed by atoms with Crippen molar-refractivity contribution < 1.29 is 4.92 Å². The van der Waals surface area contributed by atoms with Crippen molar-refractivity contribution in [2.75, 3.05) is 5.43 Å². The van der Waals surface area contributed by atoms with Gasteiger partial charge < -0.3 is 5.43 Å². The second kappa shape index (κ2) is 6.12. The molecule has 0 saturated heterocycles. The fraction of sp³-hybridized carbons (Fsp3) is 0.0909. The summed E-state index contributed by atoms with van der Waals surface area (Å²) in [5.74, 6) is 6.33. The molecule has 0 spiro atoms. The number of thioether (sulfide) groups is 1. The van der Waals surface area contributed by atoms with E-state index in [-0.39, 0.29) is 5.69 Å². The van der Waals surface area contributed by atoms with Gasteiger partial charge in [-0.3, -0.25) is 15.1 Å². The zero-order chi connectivity index (χ0) is 13.7. The van der Waals surface area contributed by atoms with Crippen LogP contribution in [0.25, 0.3) is 0 Å². The van der Waals surface area contributed by atoms with Crippen LogP contribution in [-0.4, -0.2) is 14.9 Å². The van der Waals surface area contributed by atoms with E-state index in [2.05, 4.69) is 15.4 Å². The van der Waals surface area contributed by atoms with Gasteiger partial charge in [-0.1, -0.05) is 0 Å². The Morgan fingerprint density at radius 2 is 2.00 bits per heavy atom. The standard InChI is InChI=1S/C11H11N5O2S/c12-15-11-6-13-8(5-14-11)7-19-10-3-1-9(2-4-10)16(17)18/h1-6H,7,12H2,(H,14,15). The number of nitrogens with zero attached hydrogens (tertiary/aromatic N) is 3. The molecule has 0 amide bonds. The number of nitro groups is 1. The summed E-state index contributed by atoms with van der Waals surface area (Å²) >= 11 is 1.53. The van der Waals surface area contributed by atoms with Crippen molar-refractivity contribution in [2.24, 2.45) is 5.84 Å². The Bertz CT molecular complexity index is 558. The quantitative estimate of drug-likeness (QED) is 0.372. The summed E-state index contributed by atoms with van der Waals surface area (Å²) in [6.45, 7) is 0. The maximum atomic E-state index is 10.5. The summed E-state index contributed by atoms with van der Waals surface area (Å²) in [7, 11) is 0. The van der Waals surface area contributed by atoms with Gasteiger partial charge in [0.15, 0.2) is 5.82 Å². The van der Waals surface area contributed by atoms with Gasteiger partial charge in [0.25, 0.3) is 5.69 Å². The van der Waals surface area contributed by atoms with Crippen molar-refractivity contribution in [2.45, 2.75) is 10.6 Å². The summed E-state index contributed by atoms with van der Waals surface area (Å²) in [4.78, 5) is 19.3. The number of benzene rings is 1. The number of hydrogen-bond acceptors (Lipinski definition) is 7. The minimum Gasteiger partial charge on any atom is -0.307 e. The van der Waals surface area contributed by atoms with E-state index >= 15 is 0 Å². The van der Waals surface area contributed by atoms with Gasteiger partial charge >= 0.3 is 0 Å². The van der Waals surface area contributed by atoms with Crippen molar-refractivity contribution >= 4 is 23.3 Å². The minimum atomic E-state index is -0.418. The van der Waals surface area contributed by atoms with Crippen LogP contribution in [0.1, 0.15) is 5.69 Å². The topological polar surface area (TPSA) is 107 Å². The Labute approximate surface area is 113 Å². The first-order valence-corrected chi connectivity index (χ1v) is 6.32. The molecule has 7 nitrogen and oxygen atoms in total. The van der Waals surface area contributed by atoms with Crippen LogP contribution in [0.3, 0.4) is 0 Å². The predicted molar refractivity (Wildman–Crippen MR) is 72.5 cm³/mol. The molecule has 19 heavy (non-hydrogen) atoms. The molecule has 0 aliphatic rings. The number of anilines is 1. The molecule has 0 aliphatic carbocycles. The van der Waals surface area contributed by atoms with E-state index in [4.69, 9.17) is 5.84 Å². The Morgan fingerprint density at radius 3 is 2.53 bits per heavy atom. The third-order valence-corrected chi connectivity index (χ3v) is 3.33. The summed E-state index contributed by atoms with van der Waals surface area (Å²) in [5.41, 5.74) is 3.29. The highest BCUT2D eigenvalue weighted by atomic mass is 32.2. The Kier molecular flexibility index (Phi) is 4.26. The van der Waals surface area contributed by atoms with Crippen molar-refractivity contribution in [3.8, 4) is 0 Å². The van der Waals surface area contributed by atoms with E-state index in [1.54, 1.807) is 24.5 Å². The molecule has 2 aromatic rings. The van der Waals surface area contributed by atoms with Gasteiger partial charge in [0.1, 0.15) is 0 Å². The van der Waals surface area contributed by atoms with Crippen molar-refractivity contribution in [3.05, 3.63) is 52.5 Å². The second-order valence-electron chi connectivity index (χ2n) is 3.58. The first-order valence-electron chi connectivity index (χ1n) is 5.34. The fourth-order valence-electron chi connectivity index (χ4n) is 1.33. The molecule has 2 rings (SSSR count). The molecule has 0 atom stereocenters. The summed E-state index contributed by atoms with van der Waals surface area (Å²) in [6, 6.07) is 6.39. The van der Waals surface area contributed by atoms with E-state index in [1.807, 2.05) is 0 Å². The first-order chi connectivity index (χ1) is 9.19. The normalized spacial score (nSPS) is 10.2. The zero-order valence-electron chi connectivity index (χ0n) is 9.81. The Morgan fingerprint density at radius 1 is 1.26 bits per heavy atom. The Balaban J connectivity index is 1.95. The van der Waals surface area contributed by atoms with Gasteiger partial charge in [-0.05, 0) is 12.1 Å². The van der Waals surface area contributed by atoms with E-state index in [0.29, 0.717) is 11.6 Å². The highest BCUT2D eigenvalue weighted by molar-refractivity contribution is 7.98. The molecule has 8 heteroatoms. The van der Waals surface area contributed by atoms with Crippen LogP contribution in [0, 0.1) is 10.1 Å². The monoisotopic (exact) mass is 277 g/mol. The summed E-state index contributed by atoms with van der Waals surface area (Å²) in [5, 5.41) is 10.5. The number of hydrazine groups is 1. The highest BCUT2D eigenvalue weighted by Gasteiger charge is 2.04. The average molecular weight is 277 g/mol. The van der Waals surface area contributed by atoms with E-state index in [9.17, 15) is 10.1 Å². The highest BCUT2D eigenvalue weighted by Crippen LogP contribution is 2.24. The van der Waals surface area contributed by atoms with Crippen molar-refractivity contribution in [1.29, 1.82) is 0 Å². The number of nitrogens with two attached hydrogens (primary N) is 1. The average Bonchev–Trinajstić information content (AvgIpc) is 2.46. The van der Waals surface area contributed by atoms with Crippen LogP contribution < -0.4 is 11.3 Å². The zero-order valence-corrected chi connectivity index (χ0v) is 10.6. The number of nitrogen functional groups attached to an aromatic ring is 1. The van der Waals surface area contributed by atoms with Gasteiger partial charge in [0.05, 0.1) is 23.0 Å². The Hall–Kier alpha value is -2.19. The van der Waals surface area contributed by atoms with Crippen LogP contribution >= 0.6 is 11.8 Å². The number of nitro benzene ring substituents is 1. The fourth-order valence-corrected chi connectivity index (χ4v) is 2.12. The maximum absolute atomic E-state index is 10.5. The molecule has 0 unspecified atom stereocenters. The smallest absolute Gasteiger partial charge is 0.269 e. The lowest BCUT2D eigenvalue weighted by Crippen LogP contribution is -2.08. The SMILES string of the molecule is NNc1cnc(CSc2ccc([N+](=O)[O-])cc2)cn1. The lowest BCUT2D eigenvalue weighted by molar-refractivity contribution is -0.384. The predicted octanol–water partition coefficient (Wildman–Crippen LogP) is 1.96. The molecule has 1 aromatic heterocycles. The molecule has 0 bridgehead atoms. The third kappa shape index (κ3) is 3.63. The lowest BCUT2D eigenvalue weighted by atomic mass is 10.3. The second-order valence-corrected chi connectivity index (χ2v) is 4.63. The van der Waals surface area contributed by atoms with Gasteiger partial charge in [-0.2, -0.15) is 0 Å². The van der Waals surface area contributed by atoms with Gasteiger partial charge in [-0.15, -0.1) is 11.8 Å². The van der Waals surface area contributed by atoms with E-state index in [0.717, 1.165) is 10.6 Å². The number of rotatable bonds is 5. The van der Waals surface area contributed by atoms with Gasteiger partial charge in [-0.25, -0.2) is 10.8 Å². The molecule has 1 heterocycles. The number of non-ortho nitro benzene ring substituents is 1. The number of aromatic nitrogens is 2. The van der Waals surface area contributed by atoms with Crippen molar-refractivity contribution in [1.82, 2.24) is 9.97 Å².